The fourth-order valence-electron chi connectivity index (χ4n) is 4.25. The van der Waals surface area contributed by atoms with Crippen molar-refractivity contribution in [2.45, 2.75) is 43.7 Å². The van der Waals surface area contributed by atoms with Crippen LogP contribution in [0.1, 0.15) is 48.8 Å². The van der Waals surface area contributed by atoms with E-state index >= 15 is 0 Å². The zero-order chi connectivity index (χ0) is 22.0. The number of hydrogen-bond donors (Lipinski definition) is 1. The predicted octanol–water partition coefficient (Wildman–Crippen LogP) is 4.71. The largest absolute Gasteiger partial charge is 0.353 e. The number of rotatable bonds is 6. The van der Waals surface area contributed by atoms with Crippen molar-refractivity contribution in [3.8, 4) is 0 Å². The normalized spacial score (nSPS) is 18.4. The summed E-state index contributed by atoms with van der Waals surface area (Å²) in [5.41, 5.74) is 3.43. The van der Waals surface area contributed by atoms with Crippen molar-refractivity contribution in [3.05, 3.63) is 52.4 Å². The number of anilines is 1. The molecule has 2 aromatic rings. The highest BCUT2D eigenvalue weighted by molar-refractivity contribution is 7.99. The first-order valence-electron chi connectivity index (χ1n) is 10.9. The number of aromatic nitrogens is 2. The van der Waals surface area contributed by atoms with Gasteiger partial charge >= 0.3 is 0 Å². The molecule has 2 aliphatic rings. The van der Waals surface area contributed by atoms with E-state index in [0.717, 1.165) is 35.9 Å². The molecular formula is C23H32Cl3N5OS. The van der Waals surface area contributed by atoms with Gasteiger partial charge in [0.15, 0.2) is 0 Å². The summed E-state index contributed by atoms with van der Waals surface area (Å²) in [5.74, 6) is 1.96. The van der Waals surface area contributed by atoms with Crippen LogP contribution in [0.25, 0.3) is 0 Å². The number of amides is 1. The van der Waals surface area contributed by atoms with Gasteiger partial charge in [0.1, 0.15) is 12.1 Å². The summed E-state index contributed by atoms with van der Waals surface area (Å²) in [6.45, 7) is 10.0. The molecule has 1 aromatic carbocycles. The summed E-state index contributed by atoms with van der Waals surface area (Å²) in [6.07, 6.45) is 1.68. The van der Waals surface area contributed by atoms with Gasteiger partial charge in [-0.05, 0) is 24.6 Å². The molecule has 0 unspecified atom stereocenters. The van der Waals surface area contributed by atoms with Gasteiger partial charge in [-0.15, -0.1) is 36.6 Å². The Morgan fingerprint density at radius 1 is 1.15 bits per heavy atom. The molecule has 3 heterocycles. The summed E-state index contributed by atoms with van der Waals surface area (Å²) in [6, 6.07) is 7.97. The van der Waals surface area contributed by atoms with Crippen LogP contribution in [0.4, 0.5) is 5.82 Å². The maximum atomic E-state index is 13.5. The lowest BCUT2D eigenvalue weighted by Gasteiger charge is -2.38. The van der Waals surface area contributed by atoms with E-state index in [0.29, 0.717) is 35.9 Å². The smallest absolute Gasteiger partial charge is 0.231 e. The molecule has 0 spiro atoms. The minimum Gasteiger partial charge on any atom is -0.353 e. The van der Waals surface area contributed by atoms with E-state index in [9.17, 15) is 4.79 Å². The zero-order valence-electron chi connectivity index (χ0n) is 19.2. The van der Waals surface area contributed by atoms with Crippen LogP contribution in [0.5, 0.6) is 0 Å². The van der Waals surface area contributed by atoms with E-state index in [1.54, 1.807) is 6.33 Å². The number of nitrogens with one attached hydrogen (secondary N) is 1. The van der Waals surface area contributed by atoms with Gasteiger partial charge in [-0.2, -0.15) is 0 Å². The van der Waals surface area contributed by atoms with E-state index < -0.39 is 0 Å². The van der Waals surface area contributed by atoms with Gasteiger partial charge in [-0.1, -0.05) is 37.6 Å². The van der Waals surface area contributed by atoms with Crippen LogP contribution in [-0.2, 0) is 10.5 Å². The van der Waals surface area contributed by atoms with Crippen molar-refractivity contribution in [2.24, 2.45) is 0 Å². The zero-order valence-corrected chi connectivity index (χ0v) is 22.4. The predicted molar refractivity (Wildman–Crippen MR) is 142 cm³/mol. The Morgan fingerprint density at radius 2 is 1.82 bits per heavy atom. The van der Waals surface area contributed by atoms with Crippen molar-refractivity contribution < 1.29 is 4.79 Å². The minimum absolute atomic E-state index is 0. The SMILES string of the molecule is CC(C)NC[C@@H](C(=O)N1CCN(c2ncnc3c2[C@H](C)SC3)CC1)c1ccc(Cl)cc1.Cl.Cl. The second kappa shape index (κ2) is 12.5. The number of piperazine rings is 1. The fraction of sp³-hybridized carbons (Fsp3) is 0.522. The number of carbonyl (C=O) groups excluding carboxylic acids is 1. The Kier molecular flexibility index (Phi) is 10.6. The van der Waals surface area contributed by atoms with Crippen molar-refractivity contribution in [2.75, 3.05) is 37.6 Å². The molecule has 2 atom stereocenters. The molecular weight excluding hydrogens is 501 g/mol. The van der Waals surface area contributed by atoms with E-state index in [1.807, 2.05) is 40.9 Å². The minimum atomic E-state index is -0.217. The summed E-state index contributed by atoms with van der Waals surface area (Å²) in [7, 11) is 0. The maximum Gasteiger partial charge on any atom is 0.231 e. The van der Waals surface area contributed by atoms with E-state index in [2.05, 4.69) is 41.0 Å². The Balaban J connectivity index is 0.00000193. The van der Waals surface area contributed by atoms with Crippen molar-refractivity contribution >= 4 is 59.9 Å². The van der Waals surface area contributed by atoms with Gasteiger partial charge in [-0.3, -0.25) is 4.79 Å². The standard InChI is InChI=1S/C23H30ClN5OS.2ClH/c1-15(2)25-12-19(17-4-6-18(24)7-5-17)23(30)29-10-8-28(9-11-29)22-21-16(3)31-13-20(21)26-14-27-22;;/h4-7,14-16,19,25H,8-13H2,1-3H3;2*1H/t16-,19+;;/m0../s1. The number of halogens is 3. The molecule has 1 amide bonds. The topological polar surface area (TPSA) is 61.4 Å². The third-order valence-electron chi connectivity index (χ3n) is 6.01. The molecule has 0 saturated carbocycles. The first-order valence-corrected chi connectivity index (χ1v) is 12.3. The van der Waals surface area contributed by atoms with Crippen LogP contribution < -0.4 is 10.2 Å². The maximum absolute atomic E-state index is 13.5. The summed E-state index contributed by atoms with van der Waals surface area (Å²) in [5, 5.41) is 4.54. The first kappa shape index (κ1) is 28.0. The van der Waals surface area contributed by atoms with Crippen molar-refractivity contribution in [1.82, 2.24) is 20.2 Å². The lowest BCUT2D eigenvalue weighted by Crippen LogP contribution is -2.51. The fourth-order valence-corrected chi connectivity index (χ4v) is 5.42. The molecule has 1 saturated heterocycles. The summed E-state index contributed by atoms with van der Waals surface area (Å²) in [4.78, 5) is 26.9. The van der Waals surface area contributed by atoms with Crippen LogP contribution in [0.2, 0.25) is 5.02 Å². The Morgan fingerprint density at radius 3 is 2.45 bits per heavy atom. The van der Waals surface area contributed by atoms with Crippen LogP contribution >= 0.6 is 48.2 Å². The molecule has 1 N–H and O–H groups in total. The number of carbonyl (C=O) groups is 1. The third kappa shape index (κ3) is 6.45. The van der Waals surface area contributed by atoms with Gasteiger partial charge < -0.3 is 15.1 Å². The highest BCUT2D eigenvalue weighted by atomic mass is 35.5. The summed E-state index contributed by atoms with van der Waals surface area (Å²) < 4.78 is 0. The van der Waals surface area contributed by atoms with Gasteiger partial charge in [-0.25, -0.2) is 9.97 Å². The van der Waals surface area contributed by atoms with Gasteiger partial charge in [0.2, 0.25) is 5.91 Å². The second-order valence-electron chi connectivity index (χ2n) is 8.49. The molecule has 33 heavy (non-hydrogen) atoms. The quantitative estimate of drug-likeness (QED) is 0.581. The number of fused-ring (bicyclic) bond motifs is 1. The first-order chi connectivity index (χ1) is 14.9. The van der Waals surface area contributed by atoms with Gasteiger partial charge in [0.25, 0.3) is 0 Å². The molecule has 1 aromatic heterocycles. The average Bonchev–Trinajstić information content (AvgIpc) is 3.16. The molecule has 0 radical (unpaired) electrons. The molecule has 10 heteroatoms. The number of hydrogen-bond acceptors (Lipinski definition) is 6. The molecule has 6 nitrogen and oxygen atoms in total. The Bertz CT molecular complexity index is 923. The van der Waals surface area contributed by atoms with Crippen LogP contribution in [0, 0.1) is 0 Å². The van der Waals surface area contributed by atoms with E-state index in [-0.39, 0.29) is 36.6 Å². The molecule has 0 aliphatic carbocycles. The van der Waals surface area contributed by atoms with Gasteiger partial charge in [0, 0.05) is 60.4 Å². The summed E-state index contributed by atoms with van der Waals surface area (Å²) >= 11 is 7.98. The number of thioether (sulfide) groups is 1. The molecule has 1 fully saturated rings. The van der Waals surface area contributed by atoms with Crippen LogP contribution in [0.3, 0.4) is 0 Å². The van der Waals surface area contributed by atoms with Crippen LogP contribution in [-0.4, -0.2) is 59.5 Å². The monoisotopic (exact) mass is 531 g/mol. The Labute approximate surface area is 218 Å². The van der Waals surface area contributed by atoms with Crippen molar-refractivity contribution in [3.63, 3.8) is 0 Å². The van der Waals surface area contributed by atoms with E-state index in [4.69, 9.17) is 11.6 Å². The van der Waals surface area contributed by atoms with Crippen LogP contribution in [0.15, 0.2) is 30.6 Å². The highest BCUT2D eigenvalue weighted by Gasteiger charge is 2.32. The Hall–Kier alpha value is -1.25. The molecule has 4 rings (SSSR count). The number of nitrogens with zero attached hydrogens (tertiary/aromatic N) is 4. The lowest BCUT2D eigenvalue weighted by atomic mass is 9.96. The second-order valence-corrected chi connectivity index (χ2v) is 10.3. The molecule has 2 aliphatic heterocycles. The lowest BCUT2D eigenvalue weighted by molar-refractivity contribution is -0.133. The average molecular weight is 533 g/mol. The third-order valence-corrected chi connectivity index (χ3v) is 7.44. The van der Waals surface area contributed by atoms with E-state index in [1.165, 1.54) is 5.56 Å². The highest BCUT2D eigenvalue weighted by Crippen LogP contribution is 2.44. The number of benzene rings is 1. The van der Waals surface area contributed by atoms with Crippen molar-refractivity contribution in [1.29, 1.82) is 0 Å². The molecule has 182 valence electrons. The molecule has 0 bridgehead atoms. The van der Waals surface area contributed by atoms with Gasteiger partial charge in [0.05, 0.1) is 11.6 Å².